The molecule has 2 unspecified atom stereocenters. The van der Waals surface area contributed by atoms with Crippen LogP contribution in [0.3, 0.4) is 0 Å². The lowest BCUT2D eigenvalue weighted by Gasteiger charge is -2.42. The number of piperazine rings is 1. The Bertz CT molecular complexity index is 2020. The molecule has 9 rings (SSSR count). The Morgan fingerprint density at radius 1 is 1.20 bits per heavy atom. The highest BCUT2D eigenvalue weighted by Crippen LogP contribution is 2.48. The maximum absolute atomic E-state index is 17.5. The number of hydrogen-bond donors (Lipinski definition) is 2. The van der Waals surface area contributed by atoms with Crippen LogP contribution >= 0.6 is 11.3 Å². The molecular weight excluding hydrogens is 651 g/mol. The number of fused-ring (bicyclic) bond motifs is 7. The number of benzene rings is 1. The molecular formula is C35H38F2N8O3S. The molecule has 0 spiro atoms. The molecule has 4 aromatic rings. The molecule has 8 heterocycles. The highest BCUT2D eigenvalue weighted by Gasteiger charge is 2.50. The quantitative estimate of drug-likeness (QED) is 0.284. The van der Waals surface area contributed by atoms with E-state index in [4.69, 9.17) is 25.2 Å². The summed E-state index contributed by atoms with van der Waals surface area (Å²) in [6, 6.07) is 4.26. The van der Waals surface area contributed by atoms with Gasteiger partial charge in [-0.15, -0.1) is 11.3 Å². The molecule has 3 N–H and O–H groups in total. The number of rotatable bonds is 7. The summed E-state index contributed by atoms with van der Waals surface area (Å²) >= 11 is 1.27. The van der Waals surface area contributed by atoms with E-state index in [1.807, 2.05) is 0 Å². The summed E-state index contributed by atoms with van der Waals surface area (Å²) in [5.41, 5.74) is 8.24. The average Bonchev–Trinajstić information content (AvgIpc) is 3.87. The summed E-state index contributed by atoms with van der Waals surface area (Å²) in [6.07, 6.45) is 4.34. The SMILES string of the molecule is C[C@@H](O)CN1CC2CCC(C1)N2c1nc(OC[C@@]23CCCN2C[C@H](F)C3)nc2c(F)c(-c3nccc4sc(N)c(C#N)c34)c3c(c12)COC3. The van der Waals surface area contributed by atoms with Gasteiger partial charge in [-0.3, -0.25) is 14.8 Å². The molecule has 4 saturated heterocycles. The second kappa shape index (κ2) is 11.7. The van der Waals surface area contributed by atoms with E-state index in [1.54, 1.807) is 19.2 Å². The maximum atomic E-state index is 17.5. The number of aliphatic hydroxyl groups is 1. The van der Waals surface area contributed by atoms with Crippen molar-refractivity contribution in [3.05, 3.63) is 34.8 Å². The molecule has 5 aliphatic heterocycles. The lowest BCUT2D eigenvalue weighted by Crippen LogP contribution is -2.55. The summed E-state index contributed by atoms with van der Waals surface area (Å²) < 4.78 is 45.3. The predicted molar refractivity (Wildman–Crippen MR) is 182 cm³/mol. The topological polar surface area (TPSA) is 137 Å². The molecule has 0 saturated carbocycles. The third-order valence-electron chi connectivity index (χ3n) is 11.3. The van der Waals surface area contributed by atoms with Crippen molar-refractivity contribution in [1.29, 1.82) is 5.26 Å². The second-order valence-corrected chi connectivity index (χ2v) is 15.5. The number of aliphatic hydroxyl groups excluding tert-OH is 1. The Balaban J connectivity index is 1.23. The van der Waals surface area contributed by atoms with E-state index in [0.29, 0.717) is 52.4 Å². The van der Waals surface area contributed by atoms with Gasteiger partial charge in [-0.1, -0.05) is 0 Å². The first-order valence-electron chi connectivity index (χ1n) is 17.2. The van der Waals surface area contributed by atoms with Crippen molar-refractivity contribution in [2.45, 2.75) is 82.1 Å². The number of thiophene rings is 1. The Morgan fingerprint density at radius 3 is 2.78 bits per heavy atom. The van der Waals surface area contributed by atoms with Crippen LogP contribution in [0.1, 0.15) is 55.7 Å². The zero-order valence-electron chi connectivity index (χ0n) is 27.3. The lowest BCUT2D eigenvalue weighted by molar-refractivity contribution is 0.107. The fourth-order valence-corrected chi connectivity index (χ4v) is 10.3. The van der Waals surface area contributed by atoms with Crippen LogP contribution in [0.4, 0.5) is 19.6 Å². The predicted octanol–water partition coefficient (Wildman–Crippen LogP) is 4.52. The smallest absolute Gasteiger partial charge is 0.319 e. The van der Waals surface area contributed by atoms with Gasteiger partial charge in [0.2, 0.25) is 0 Å². The number of likely N-dealkylation sites (tertiary alicyclic amines) is 1. The van der Waals surface area contributed by atoms with Gasteiger partial charge >= 0.3 is 6.01 Å². The van der Waals surface area contributed by atoms with E-state index < -0.39 is 23.6 Å². The number of aromatic nitrogens is 3. The van der Waals surface area contributed by atoms with Gasteiger partial charge in [0.25, 0.3) is 0 Å². The number of halogens is 2. The lowest BCUT2D eigenvalue weighted by atomic mass is 9.93. The van der Waals surface area contributed by atoms with Gasteiger partial charge in [0, 0.05) is 66.5 Å². The molecule has 2 bridgehead atoms. The van der Waals surface area contributed by atoms with E-state index in [0.717, 1.165) is 55.6 Å². The largest absolute Gasteiger partial charge is 0.461 e. The van der Waals surface area contributed by atoms with E-state index >= 15 is 4.39 Å². The number of hydrogen-bond acceptors (Lipinski definition) is 12. The zero-order valence-corrected chi connectivity index (χ0v) is 28.1. The van der Waals surface area contributed by atoms with Crippen molar-refractivity contribution in [3.63, 3.8) is 0 Å². The van der Waals surface area contributed by atoms with E-state index in [2.05, 4.69) is 25.8 Å². The van der Waals surface area contributed by atoms with Crippen LogP contribution in [-0.2, 0) is 18.0 Å². The van der Waals surface area contributed by atoms with Gasteiger partial charge in [0.1, 0.15) is 35.2 Å². The molecule has 3 aromatic heterocycles. The number of alkyl halides is 1. The van der Waals surface area contributed by atoms with Gasteiger partial charge in [-0.25, -0.2) is 8.78 Å². The molecule has 0 amide bonds. The fraction of sp³-hybridized carbons (Fsp3) is 0.543. The monoisotopic (exact) mass is 688 g/mol. The summed E-state index contributed by atoms with van der Waals surface area (Å²) in [5.74, 6) is 0.0440. The molecule has 49 heavy (non-hydrogen) atoms. The van der Waals surface area contributed by atoms with Gasteiger partial charge in [0.15, 0.2) is 5.82 Å². The summed E-state index contributed by atoms with van der Waals surface area (Å²) in [4.78, 5) is 21.2. The van der Waals surface area contributed by atoms with Gasteiger partial charge in [-0.05, 0) is 56.3 Å². The van der Waals surface area contributed by atoms with Crippen LogP contribution in [0.25, 0.3) is 32.2 Å². The van der Waals surface area contributed by atoms with Gasteiger partial charge in [0.05, 0.1) is 41.5 Å². The molecule has 11 nitrogen and oxygen atoms in total. The molecule has 5 atom stereocenters. The van der Waals surface area contributed by atoms with Crippen molar-refractivity contribution in [2.75, 3.05) is 50.0 Å². The van der Waals surface area contributed by atoms with Crippen LogP contribution in [-0.4, -0.2) is 99.1 Å². The Labute approximate surface area is 286 Å². The molecule has 14 heteroatoms. The second-order valence-electron chi connectivity index (χ2n) is 14.4. The van der Waals surface area contributed by atoms with Gasteiger partial charge in [-0.2, -0.15) is 15.2 Å². The first-order valence-corrected chi connectivity index (χ1v) is 18.0. The van der Waals surface area contributed by atoms with Crippen molar-refractivity contribution in [1.82, 2.24) is 24.8 Å². The van der Waals surface area contributed by atoms with Crippen LogP contribution < -0.4 is 15.4 Å². The Kier molecular flexibility index (Phi) is 7.44. The first kappa shape index (κ1) is 31.3. The number of β-amino-alcohol motifs (C(OH)–C–C–N with tert-alkyl or cyclic N) is 1. The third-order valence-corrected chi connectivity index (χ3v) is 12.3. The molecule has 5 aliphatic rings. The number of pyridine rings is 1. The molecule has 256 valence electrons. The molecule has 1 aromatic carbocycles. The molecule has 4 fully saturated rings. The fourth-order valence-electron chi connectivity index (χ4n) is 9.36. The van der Waals surface area contributed by atoms with Crippen LogP contribution in [0.5, 0.6) is 6.01 Å². The highest BCUT2D eigenvalue weighted by atomic mass is 32.1. The average molecular weight is 689 g/mol. The van der Waals surface area contributed by atoms with Crippen LogP contribution in [0.2, 0.25) is 0 Å². The number of nitrogens with two attached hydrogens (primary N) is 1. The number of ether oxygens (including phenoxy) is 2. The Morgan fingerprint density at radius 2 is 2.00 bits per heavy atom. The number of nitrogen functional groups attached to an aromatic ring is 1. The normalized spacial score (nSPS) is 27.2. The van der Waals surface area contributed by atoms with Crippen LogP contribution in [0, 0.1) is 17.1 Å². The van der Waals surface area contributed by atoms with Crippen LogP contribution in [0.15, 0.2) is 12.3 Å². The highest BCUT2D eigenvalue weighted by molar-refractivity contribution is 7.23. The minimum atomic E-state index is -0.909. The minimum absolute atomic E-state index is 0.0595. The number of nitriles is 1. The van der Waals surface area contributed by atoms with E-state index in [-0.39, 0.29) is 54.6 Å². The minimum Gasteiger partial charge on any atom is -0.461 e. The standard InChI is InChI=1S/C35H38F2N8O3S/c1-18(46)11-43-13-20-3-4-21(14-43)45(20)33-28-24-16-47-15-23(24)27(30-26-22(10-38)32(39)49-25(26)5-7-40-30)29(37)31(28)41-34(42-33)48-17-35-6-2-8-44(35)12-19(36)9-35/h5,7,18-21,46H,2-4,6,8-9,11-17,39H2,1H3/t18-,19-,20?,21?,35+/m1/s1. The Hall–Kier alpha value is -3.74. The summed E-state index contributed by atoms with van der Waals surface area (Å²) in [6.45, 7) is 5.76. The van der Waals surface area contributed by atoms with E-state index in [1.165, 1.54) is 11.3 Å². The maximum Gasteiger partial charge on any atom is 0.319 e. The van der Waals surface area contributed by atoms with E-state index in [9.17, 15) is 14.8 Å². The first-order chi connectivity index (χ1) is 23.7. The third kappa shape index (κ3) is 4.88. The van der Waals surface area contributed by atoms with Crippen molar-refractivity contribution in [3.8, 4) is 23.3 Å². The molecule has 0 aliphatic carbocycles. The van der Waals surface area contributed by atoms with Crippen molar-refractivity contribution in [2.24, 2.45) is 0 Å². The summed E-state index contributed by atoms with van der Waals surface area (Å²) in [5, 5.41) is 21.6. The van der Waals surface area contributed by atoms with Crippen molar-refractivity contribution >= 4 is 43.1 Å². The van der Waals surface area contributed by atoms with Crippen molar-refractivity contribution < 1.29 is 23.4 Å². The number of nitrogens with zero attached hydrogens (tertiary/aromatic N) is 7. The molecule has 0 radical (unpaired) electrons. The summed E-state index contributed by atoms with van der Waals surface area (Å²) in [7, 11) is 0. The van der Waals surface area contributed by atoms with Gasteiger partial charge < -0.3 is 25.2 Å². The number of anilines is 2. The zero-order chi connectivity index (χ0) is 33.6.